The van der Waals surface area contributed by atoms with Crippen LogP contribution in [0.1, 0.15) is 6.92 Å². The van der Waals surface area contributed by atoms with E-state index in [1.165, 1.54) is 6.08 Å². The molecule has 1 unspecified atom stereocenters. The molecule has 0 spiro atoms. The molecule has 2 atom stereocenters. The van der Waals surface area contributed by atoms with Crippen LogP contribution < -0.4 is 0 Å². The summed E-state index contributed by atoms with van der Waals surface area (Å²) in [7, 11) is 4.01. The summed E-state index contributed by atoms with van der Waals surface area (Å²) in [6, 6.07) is 0.342. The van der Waals surface area contributed by atoms with E-state index in [1.54, 1.807) is 6.08 Å². The molecule has 1 nitrogen and oxygen atoms in total. The number of rotatable bonds is 1. The van der Waals surface area contributed by atoms with Crippen LogP contribution in [0.4, 0.5) is 4.39 Å². The van der Waals surface area contributed by atoms with E-state index >= 15 is 0 Å². The molecule has 0 heterocycles. The van der Waals surface area contributed by atoms with Crippen molar-refractivity contribution < 1.29 is 4.39 Å². The molecule has 1 rings (SSSR count). The summed E-state index contributed by atoms with van der Waals surface area (Å²) in [5.41, 5.74) is 0. The SMILES string of the molecule is C[C@@H]1C=C(F)C=CC1N(C)C. The second-order valence-electron chi connectivity index (χ2n) is 3.22. The van der Waals surface area contributed by atoms with E-state index in [-0.39, 0.29) is 11.7 Å². The fourth-order valence-corrected chi connectivity index (χ4v) is 1.41. The Labute approximate surface area is 67.2 Å². The summed E-state index contributed by atoms with van der Waals surface area (Å²) in [4.78, 5) is 2.09. The van der Waals surface area contributed by atoms with Crippen LogP contribution in [0.5, 0.6) is 0 Å². The topological polar surface area (TPSA) is 3.24 Å². The van der Waals surface area contributed by atoms with Crippen molar-refractivity contribution in [1.82, 2.24) is 4.90 Å². The van der Waals surface area contributed by atoms with Gasteiger partial charge in [-0.15, -0.1) is 0 Å². The van der Waals surface area contributed by atoms with Gasteiger partial charge in [-0.1, -0.05) is 13.0 Å². The highest BCUT2D eigenvalue weighted by molar-refractivity contribution is 5.21. The average molecular weight is 155 g/mol. The Morgan fingerprint density at radius 1 is 1.45 bits per heavy atom. The molecule has 0 saturated heterocycles. The second kappa shape index (κ2) is 3.18. The molecule has 0 N–H and O–H groups in total. The van der Waals surface area contributed by atoms with Crippen LogP contribution >= 0.6 is 0 Å². The fraction of sp³-hybridized carbons (Fsp3) is 0.556. The van der Waals surface area contributed by atoms with Gasteiger partial charge in [0.25, 0.3) is 0 Å². The van der Waals surface area contributed by atoms with Gasteiger partial charge in [0.2, 0.25) is 0 Å². The van der Waals surface area contributed by atoms with Gasteiger partial charge in [0.05, 0.1) is 0 Å². The van der Waals surface area contributed by atoms with E-state index in [2.05, 4.69) is 4.90 Å². The van der Waals surface area contributed by atoms with Crippen molar-refractivity contribution in [1.29, 1.82) is 0 Å². The lowest BCUT2D eigenvalue weighted by molar-refractivity contribution is 0.291. The van der Waals surface area contributed by atoms with Crippen LogP contribution in [-0.4, -0.2) is 25.0 Å². The molecule has 0 amide bonds. The highest BCUT2D eigenvalue weighted by Gasteiger charge is 2.17. The van der Waals surface area contributed by atoms with E-state index in [0.717, 1.165) is 0 Å². The zero-order chi connectivity index (χ0) is 8.43. The molecule has 0 fully saturated rings. The van der Waals surface area contributed by atoms with Gasteiger partial charge in [-0.3, -0.25) is 0 Å². The van der Waals surface area contributed by atoms with Gasteiger partial charge >= 0.3 is 0 Å². The first kappa shape index (κ1) is 8.47. The molecule has 0 aliphatic heterocycles. The lowest BCUT2D eigenvalue weighted by Crippen LogP contribution is -2.32. The third kappa shape index (κ3) is 1.90. The molecule has 2 heteroatoms. The number of nitrogens with zero attached hydrogens (tertiary/aromatic N) is 1. The molecular weight excluding hydrogens is 141 g/mol. The van der Waals surface area contributed by atoms with Gasteiger partial charge < -0.3 is 4.90 Å². The van der Waals surface area contributed by atoms with Crippen molar-refractivity contribution in [3.8, 4) is 0 Å². The number of hydrogen-bond donors (Lipinski definition) is 0. The predicted molar refractivity (Wildman–Crippen MR) is 45.0 cm³/mol. The van der Waals surface area contributed by atoms with Crippen molar-refractivity contribution in [2.75, 3.05) is 14.1 Å². The quantitative estimate of drug-likeness (QED) is 0.559. The van der Waals surface area contributed by atoms with E-state index in [4.69, 9.17) is 0 Å². The van der Waals surface area contributed by atoms with E-state index in [9.17, 15) is 4.39 Å². The zero-order valence-corrected chi connectivity index (χ0v) is 7.21. The third-order valence-electron chi connectivity index (χ3n) is 2.01. The number of hydrogen-bond acceptors (Lipinski definition) is 1. The first-order chi connectivity index (χ1) is 5.11. The molecular formula is C9H14FN. The van der Waals surface area contributed by atoms with Gasteiger partial charge in [-0.25, -0.2) is 4.39 Å². The Morgan fingerprint density at radius 2 is 2.09 bits per heavy atom. The lowest BCUT2D eigenvalue weighted by Gasteiger charge is -2.27. The summed E-state index contributed by atoms with van der Waals surface area (Å²) >= 11 is 0. The Bertz CT molecular complexity index is 194. The number of likely N-dealkylation sites (N-methyl/N-ethyl adjacent to an activating group) is 1. The normalized spacial score (nSPS) is 30.8. The van der Waals surface area contributed by atoms with E-state index in [0.29, 0.717) is 6.04 Å². The summed E-state index contributed by atoms with van der Waals surface area (Å²) in [5, 5.41) is 0. The molecule has 0 aromatic heterocycles. The van der Waals surface area contributed by atoms with Gasteiger partial charge in [0.1, 0.15) is 5.83 Å². The van der Waals surface area contributed by atoms with Gasteiger partial charge in [-0.2, -0.15) is 0 Å². The minimum Gasteiger partial charge on any atom is -0.302 e. The highest BCUT2D eigenvalue weighted by atomic mass is 19.1. The van der Waals surface area contributed by atoms with Crippen LogP contribution in [0.2, 0.25) is 0 Å². The van der Waals surface area contributed by atoms with Gasteiger partial charge in [-0.05, 0) is 32.2 Å². The molecule has 1 aliphatic rings. The second-order valence-corrected chi connectivity index (χ2v) is 3.22. The van der Waals surface area contributed by atoms with Crippen LogP contribution in [0.3, 0.4) is 0 Å². The van der Waals surface area contributed by atoms with E-state index in [1.807, 2.05) is 27.1 Å². The van der Waals surface area contributed by atoms with Crippen LogP contribution in [0.25, 0.3) is 0 Å². The molecule has 0 radical (unpaired) electrons. The molecule has 0 bridgehead atoms. The summed E-state index contributed by atoms with van der Waals surface area (Å²) in [5.74, 6) is 0.158. The minimum atomic E-state index is -0.115. The summed E-state index contributed by atoms with van der Waals surface area (Å²) < 4.78 is 12.6. The molecule has 62 valence electrons. The maximum atomic E-state index is 12.6. The minimum absolute atomic E-state index is 0.115. The van der Waals surface area contributed by atoms with Gasteiger partial charge in [0.15, 0.2) is 0 Å². The molecule has 0 aromatic carbocycles. The summed E-state index contributed by atoms with van der Waals surface area (Å²) in [6.07, 6.45) is 5.09. The molecule has 11 heavy (non-hydrogen) atoms. The predicted octanol–water partition coefficient (Wildman–Crippen LogP) is 1.98. The number of allylic oxidation sites excluding steroid dienone is 2. The Hall–Kier alpha value is -0.630. The van der Waals surface area contributed by atoms with Crippen LogP contribution in [0.15, 0.2) is 24.1 Å². The van der Waals surface area contributed by atoms with Crippen molar-refractivity contribution >= 4 is 0 Å². The van der Waals surface area contributed by atoms with E-state index < -0.39 is 0 Å². The van der Waals surface area contributed by atoms with Crippen LogP contribution in [0, 0.1) is 5.92 Å². The number of halogens is 1. The van der Waals surface area contributed by atoms with Crippen molar-refractivity contribution in [3.63, 3.8) is 0 Å². The largest absolute Gasteiger partial charge is 0.302 e. The van der Waals surface area contributed by atoms with Crippen LogP contribution in [-0.2, 0) is 0 Å². The Kier molecular flexibility index (Phi) is 2.45. The molecule has 1 aliphatic carbocycles. The lowest BCUT2D eigenvalue weighted by atomic mass is 9.96. The van der Waals surface area contributed by atoms with Gasteiger partial charge in [0, 0.05) is 6.04 Å². The van der Waals surface area contributed by atoms with Crippen molar-refractivity contribution in [2.45, 2.75) is 13.0 Å². The molecule has 0 saturated carbocycles. The first-order valence-electron chi connectivity index (χ1n) is 3.83. The highest BCUT2D eigenvalue weighted by Crippen LogP contribution is 2.20. The average Bonchev–Trinajstić information content (AvgIpc) is 1.85. The first-order valence-corrected chi connectivity index (χ1v) is 3.83. The maximum Gasteiger partial charge on any atom is 0.119 e. The standard InChI is InChI=1S/C9H14FN/c1-7-6-8(10)4-5-9(7)11(2)3/h4-7,9H,1-3H3/t7-,9?/m1/s1. The Balaban J connectivity index is 2.69. The monoisotopic (exact) mass is 155 g/mol. The Morgan fingerprint density at radius 3 is 2.55 bits per heavy atom. The summed E-state index contributed by atoms with van der Waals surface area (Å²) in [6.45, 7) is 2.02. The smallest absolute Gasteiger partial charge is 0.119 e. The maximum absolute atomic E-state index is 12.6. The fourth-order valence-electron chi connectivity index (χ4n) is 1.41. The third-order valence-corrected chi connectivity index (χ3v) is 2.01. The van der Waals surface area contributed by atoms with Crippen molar-refractivity contribution in [3.05, 3.63) is 24.1 Å². The van der Waals surface area contributed by atoms with Crippen molar-refractivity contribution in [2.24, 2.45) is 5.92 Å². The zero-order valence-electron chi connectivity index (χ0n) is 7.21. The molecule has 0 aromatic rings.